The Hall–Kier alpha value is -2.75. The molecular weight excluding hydrogens is 310 g/mol. The molecule has 0 aliphatic heterocycles. The Morgan fingerprint density at radius 3 is 2.65 bits per heavy atom. The van der Waals surface area contributed by atoms with Gasteiger partial charge < -0.3 is 15.2 Å². The van der Waals surface area contributed by atoms with Crippen molar-refractivity contribution in [3.05, 3.63) is 38.8 Å². The molecule has 126 valence electrons. The van der Waals surface area contributed by atoms with E-state index in [1.165, 1.54) is 14.0 Å². The first-order valence-electron chi connectivity index (χ1n) is 6.53. The molecule has 0 aliphatic rings. The molecule has 10 heteroatoms. The molecule has 1 amide bonds. The number of amides is 1. The maximum absolute atomic E-state index is 12.0. The Kier molecular flexibility index (Phi) is 5.96. The number of pyridine rings is 1. The minimum Gasteiger partial charge on any atom is -0.481 e. The Balaban J connectivity index is 2.90. The van der Waals surface area contributed by atoms with E-state index in [2.05, 4.69) is 5.32 Å². The van der Waals surface area contributed by atoms with Crippen LogP contribution in [0.3, 0.4) is 0 Å². The average molecular weight is 327 g/mol. The Morgan fingerprint density at radius 1 is 1.48 bits per heavy atom. The molecule has 10 nitrogen and oxygen atoms in total. The molecule has 0 bridgehead atoms. The highest BCUT2D eigenvalue weighted by Crippen LogP contribution is 2.11. The second kappa shape index (κ2) is 7.49. The monoisotopic (exact) mass is 327 g/mol. The molecule has 1 unspecified atom stereocenters. The van der Waals surface area contributed by atoms with E-state index >= 15 is 0 Å². The molecular formula is C13H17N3O7. The van der Waals surface area contributed by atoms with E-state index in [0.717, 1.165) is 22.9 Å². The SMILES string of the molecule is COCC(C)(CC(=O)O)NC(=O)Cn1cc([N+](=O)[O-])ccc1=O. The van der Waals surface area contributed by atoms with Gasteiger partial charge in [0.2, 0.25) is 5.91 Å². The van der Waals surface area contributed by atoms with Gasteiger partial charge in [-0.1, -0.05) is 0 Å². The fourth-order valence-corrected chi connectivity index (χ4v) is 2.06. The standard InChI is InChI=1S/C13H17N3O7/c1-13(8-23-2,5-12(19)20)14-10(17)7-15-6-9(16(21)22)3-4-11(15)18/h3-4,6H,5,7-8H2,1-2H3,(H,14,17)(H,19,20). The number of nitrogens with one attached hydrogen (secondary N) is 1. The number of aliphatic carboxylic acids is 1. The second-order valence-corrected chi connectivity index (χ2v) is 5.22. The van der Waals surface area contributed by atoms with Crippen LogP contribution in [0.4, 0.5) is 5.69 Å². The van der Waals surface area contributed by atoms with Gasteiger partial charge in [0.25, 0.3) is 11.2 Å². The largest absolute Gasteiger partial charge is 0.481 e. The zero-order chi connectivity index (χ0) is 17.6. The molecule has 0 spiro atoms. The fourth-order valence-electron chi connectivity index (χ4n) is 2.06. The number of aromatic nitrogens is 1. The van der Waals surface area contributed by atoms with Crippen LogP contribution in [-0.2, 0) is 20.9 Å². The average Bonchev–Trinajstić information content (AvgIpc) is 2.39. The molecule has 0 aliphatic carbocycles. The number of methoxy groups -OCH3 is 1. The van der Waals surface area contributed by atoms with E-state index in [1.54, 1.807) is 0 Å². The number of carboxylic acids is 1. The normalized spacial score (nSPS) is 13.1. The predicted molar refractivity (Wildman–Crippen MR) is 78.0 cm³/mol. The molecule has 0 saturated heterocycles. The van der Waals surface area contributed by atoms with Gasteiger partial charge in [0, 0.05) is 19.2 Å². The van der Waals surface area contributed by atoms with Gasteiger partial charge in [-0.25, -0.2) is 0 Å². The number of hydrogen-bond donors (Lipinski definition) is 2. The van der Waals surface area contributed by atoms with Gasteiger partial charge in [0.1, 0.15) is 6.54 Å². The Bertz CT molecular complexity index is 670. The van der Waals surface area contributed by atoms with Gasteiger partial charge in [-0.05, 0) is 6.92 Å². The van der Waals surface area contributed by atoms with Crippen molar-refractivity contribution in [1.82, 2.24) is 9.88 Å². The van der Waals surface area contributed by atoms with Crippen molar-refractivity contribution >= 4 is 17.6 Å². The third-order valence-corrected chi connectivity index (χ3v) is 2.94. The Morgan fingerprint density at radius 2 is 2.13 bits per heavy atom. The summed E-state index contributed by atoms with van der Waals surface area (Å²) in [5, 5.41) is 22.1. The molecule has 2 N–H and O–H groups in total. The van der Waals surface area contributed by atoms with Crippen LogP contribution < -0.4 is 10.9 Å². The van der Waals surface area contributed by atoms with Crippen molar-refractivity contribution < 1.29 is 24.4 Å². The maximum atomic E-state index is 12.0. The van der Waals surface area contributed by atoms with Crippen LogP contribution >= 0.6 is 0 Å². The highest BCUT2D eigenvalue weighted by molar-refractivity contribution is 5.78. The minimum atomic E-state index is -1.16. The summed E-state index contributed by atoms with van der Waals surface area (Å²) in [5.41, 5.74) is -2.08. The van der Waals surface area contributed by atoms with Crippen LogP contribution in [0.25, 0.3) is 0 Å². The number of nitrogens with zero attached hydrogens (tertiary/aromatic N) is 2. The molecule has 1 rings (SSSR count). The first-order chi connectivity index (χ1) is 10.7. The number of carboxylic acid groups (broad SMARTS) is 1. The Labute approximate surface area is 130 Å². The quantitative estimate of drug-likeness (QED) is 0.495. The first-order valence-corrected chi connectivity index (χ1v) is 6.53. The zero-order valence-corrected chi connectivity index (χ0v) is 12.6. The molecule has 1 aromatic rings. The van der Waals surface area contributed by atoms with E-state index in [-0.39, 0.29) is 18.7 Å². The number of carbonyl (C=O) groups is 2. The summed E-state index contributed by atoms with van der Waals surface area (Å²) in [6, 6.07) is 2.02. The van der Waals surface area contributed by atoms with Crippen molar-refractivity contribution in [2.45, 2.75) is 25.4 Å². The van der Waals surface area contributed by atoms with Gasteiger partial charge in [-0.3, -0.25) is 29.1 Å². The molecule has 1 heterocycles. The summed E-state index contributed by atoms with van der Waals surface area (Å²) in [7, 11) is 1.36. The van der Waals surface area contributed by atoms with Crippen LogP contribution in [-0.4, -0.2) is 45.7 Å². The van der Waals surface area contributed by atoms with Crippen molar-refractivity contribution in [2.24, 2.45) is 0 Å². The molecule has 0 aromatic carbocycles. The predicted octanol–water partition coefficient (Wildman–Crippen LogP) is -0.247. The van der Waals surface area contributed by atoms with E-state index in [1.807, 2.05) is 0 Å². The number of carbonyl (C=O) groups excluding carboxylic acids is 1. The van der Waals surface area contributed by atoms with Gasteiger partial charge in [-0.2, -0.15) is 0 Å². The molecule has 23 heavy (non-hydrogen) atoms. The molecule has 1 aromatic heterocycles. The lowest BCUT2D eigenvalue weighted by molar-refractivity contribution is -0.385. The van der Waals surface area contributed by atoms with E-state index in [9.17, 15) is 24.5 Å². The highest BCUT2D eigenvalue weighted by atomic mass is 16.6. The number of nitro groups is 1. The van der Waals surface area contributed by atoms with Gasteiger partial charge in [0.05, 0.1) is 29.7 Å². The summed E-state index contributed by atoms with van der Waals surface area (Å²) in [4.78, 5) is 44.5. The summed E-state index contributed by atoms with van der Waals surface area (Å²) >= 11 is 0. The van der Waals surface area contributed by atoms with Crippen LogP contribution in [0.5, 0.6) is 0 Å². The van der Waals surface area contributed by atoms with Crippen molar-refractivity contribution in [1.29, 1.82) is 0 Å². The second-order valence-electron chi connectivity index (χ2n) is 5.22. The third-order valence-electron chi connectivity index (χ3n) is 2.94. The van der Waals surface area contributed by atoms with Crippen LogP contribution in [0.15, 0.2) is 23.1 Å². The van der Waals surface area contributed by atoms with Gasteiger partial charge in [0.15, 0.2) is 0 Å². The third kappa shape index (κ3) is 5.51. The lowest BCUT2D eigenvalue weighted by atomic mass is 9.99. The van der Waals surface area contributed by atoms with E-state index in [4.69, 9.17) is 9.84 Å². The summed E-state index contributed by atoms with van der Waals surface area (Å²) in [5.74, 6) is -1.79. The lowest BCUT2D eigenvalue weighted by Crippen LogP contribution is -2.52. The topological polar surface area (TPSA) is 141 Å². The molecule has 0 fully saturated rings. The van der Waals surface area contributed by atoms with Crippen molar-refractivity contribution in [3.8, 4) is 0 Å². The van der Waals surface area contributed by atoms with Crippen LogP contribution in [0.1, 0.15) is 13.3 Å². The van der Waals surface area contributed by atoms with Crippen molar-refractivity contribution in [2.75, 3.05) is 13.7 Å². The summed E-state index contributed by atoms with van der Waals surface area (Å²) in [6.07, 6.45) is 0.573. The summed E-state index contributed by atoms with van der Waals surface area (Å²) < 4.78 is 5.77. The first kappa shape index (κ1) is 18.3. The number of ether oxygens (including phenoxy) is 1. The van der Waals surface area contributed by atoms with E-state index in [0.29, 0.717) is 0 Å². The zero-order valence-electron chi connectivity index (χ0n) is 12.6. The number of rotatable bonds is 8. The van der Waals surface area contributed by atoms with Crippen molar-refractivity contribution in [3.63, 3.8) is 0 Å². The maximum Gasteiger partial charge on any atom is 0.305 e. The number of hydrogen-bond acceptors (Lipinski definition) is 6. The summed E-state index contributed by atoms with van der Waals surface area (Å²) in [6.45, 7) is 0.965. The minimum absolute atomic E-state index is 0.0467. The molecule has 1 atom stereocenters. The van der Waals surface area contributed by atoms with E-state index < -0.39 is 34.4 Å². The highest BCUT2D eigenvalue weighted by Gasteiger charge is 2.29. The fraction of sp³-hybridized carbons (Fsp3) is 0.462. The van der Waals surface area contributed by atoms with Crippen LogP contribution in [0.2, 0.25) is 0 Å². The molecule has 0 saturated carbocycles. The smallest absolute Gasteiger partial charge is 0.305 e. The van der Waals surface area contributed by atoms with Crippen LogP contribution in [0, 0.1) is 10.1 Å². The lowest BCUT2D eigenvalue weighted by Gasteiger charge is -2.28. The van der Waals surface area contributed by atoms with Gasteiger partial charge >= 0.3 is 5.97 Å². The molecule has 0 radical (unpaired) electrons. The van der Waals surface area contributed by atoms with Gasteiger partial charge in [-0.15, -0.1) is 0 Å².